The number of hydrogen-bond donors (Lipinski definition) is 1. The van der Waals surface area contributed by atoms with Gasteiger partial charge in [-0.3, -0.25) is 4.79 Å². The molecule has 0 fully saturated rings. The summed E-state index contributed by atoms with van der Waals surface area (Å²) in [6.07, 6.45) is 0. The van der Waals surface area contributed by atoms with Crippen molar-refractivity contribution in [2.45, 2.75) is 6.92 Å². The van der Waals surface area contributed by atoms with Gasteiger partial charge < -0.3 is 10.1 Å². The van der Waals surface area contributed by atoms with Crippen LogP contribution in [-0.2, 0) is 4.79 Å². The summed E-state index contributed by atoms with van der Waals surface area (Å²) in [5.41, 5.74) is 1.55. The van der Waals surface area contributed by atoms with E-state index in [-0.39, 0.29) is 5.91 Å². The van der Waals surface area contributed by atoms with Crippen LogP contribution in [0.4, 0.5) is 9.52 Å². The Balaban J connectivity index is 2.02. The van der Waals surface area contributed by atoms with E-state index < -0.39 is 5.82 Å². The number of anilines is 1. The maximum atomic E-state index is 14.1. The monoisotopic (exact) mass is 317 g/mol. The minimum atomic E-state index is -0.405. The molecule has 0 radical (unpaired) electrons. The van der Waals surface area contributed by atoms with E-state index in [9.17, 15) is 9.18 Å². The Morgan fingerprint density at radius 1 is 1.27 bits per heavy atom. The van der Waals surface area contributed by atoms with Gasteiger partial charge in [0.05, 0.1) is 12.8 Å². The second-order valence-electron chi connectivity index (χ2n) is 4.57. The second kappa shape index (κ2) is 5.69. The SMILES string of the molecule is COc1ccc(-c2ccc3nc(NC(C)=O)sc3n2)c(F)c1. The van der Waals surface area contributed by atoms with Crippen LogP contribution >= 0.6 is 11.3 Å². The van der Waals surface area contributed by atoms with Crippen LogP contribution in [0.25, 0.3) is 21.6 Å². The van der Waals surface area contributed by atoms with Gasteiger partial charge in [-0.05, 0) is 24.3 Å². The third kappa shape index (κ3) is 2.75. The van der Waals surface area contributed by atoms with Crippen molar-refractivity contribution in [3.8, 4) is 17.0 Å². The first-order chi connectivity index (χ1) is 10.6. The Labute approximate surface area is 129 Å². The zero-order valence-corrected chi connectivity index (χ0v) is 12.7. The topological polar surface area (TPSA) is 64.1 Å². The van der Waals surface area contributed by atoms with Gasteiger partial charge in [0.2, 0.25) is 5.91 Å². The minimum absolute atomic E-state index is 0.194. The van der Waals surface area contributed by atoms with Crippen LogP contribution in [0.5, 0.6) is 5.75 Å². The highest BCUT2D eigenvalue weighted by Crippen LogP contribution is 2.29. The van der Waals surface area contributed by atoms with Crippen molar-refractivity contribution in [2.24, 2.45) is 0 Å². The number of nitrogens with one attached hydrogen (secondary N) is 1. The number of carbonyl (C=O) groups excluding carboxylic acids is 1. The largest absolute Gasteiger partial charge is 0.497 e. The molecule has 2 aromatic heterocycles. The Morgan fingerprint density at radius 3 is 2.77 bits per heavy atom. The Bertz CT molecular complexity index is 863. The zero-order chi connectivity index (χ0) is 15.7. The predicted molar refractivity (Wildman–Crippen MR) is 83.7 cm³/mol. The molecule has 5 nitrogen and oxygen atoms in total. The fraction of sp³-hybridized carbons (Fsp3) is 0.133. The lowest BCUT2D eigenvalue weighted by molar-refractivity contribution is -0.114. The van der Waals surface area contributed by atoms with Crippen molar-refractivity contribution < 1.29 is 13.9 Å². The molecule has 22 heavy (non-hydrogen) atoms. The molecule has 3 aromatic rings. The summed E-state index contributed by atoms with van der Waals surface area (Å²) in [5, 5.41) is 3.09. The second-order valence-corrected chi connectivity index (χ2v) is 5.54. The molecular weight excluding hydrogens is 305 g/mol. The fourth-order valence-electron chi connectivity index (χ4n) is 2.00. The number of ether oxygens (including phenoxy) is 1. The molecular formula is C15H12FN3O2S. The lowest BCUT2D eigenvalue weighted by atomic mass is 10.1. The number of hydrogen-bond acceptors (Lipinski definition) is 5. The number of nitrogens with zero attached hydrogens (tertiary/aromatic N) is 2. The molecule has 0 unspecified atom stereocenters. The Morgan fingerprint density at radius 2 is 2.09 bits per heavy atom. The molecule has 0 spiro atoms. The van der Waals surface area contributed by atoms with Gasteiger partial charge in [0.25, 0.3) is 0 Å². The third-order valence-corrected chi connectivity index (χ3v) is 3.87. The van der Waals surface area contributed by atoms with E-state index in [1.807, 2.05) is 0 Å². The van der Waals surface area contributed by atoms with Gasteiger partial charge in [0.1, 0.15) is 21.9 Å². The zero-order valence-electron chi connectivity index (χ0n) is 11.9. The van der Waals surface area contributed by atoms with Crippen LogP contribution in [0, 0.1) is 5.82 Å². The van der Waals surface area contributed by atoms with Crippen LogP contribution < -0.4 is 10.1 Å². The van der Waals surface area contributed by atoms with Crippen molar-refractivity contribution in [2.75, 3.05) is 12.4 Å². The molecule has 0 saturated heterocycles. The summed E-state index contributed by atoms with van der Waals surface area (Å²) >= 11 is 1.25. The summed E-state index contributed by atoms with van der Waals surface area (Å²) in [7, 11) is 1.49. The van der Waals surface area contributed by atoms with E-state index >= 15 is 0 Å². The van der Waals surface area contributed by atoms with Crippen molar-refractivity contribution in [3.05, 3.63) is 36.1 Å². The van der Waals surface area contributed by atoms with Gasteiger partial charge >= 0.3 is 0 Å². The smallest absolute Gasteiger partial charge is 0.223 e. The number of rotatable bonds is 3. The molecule has 2 heterocycles. The number of carbonyl (C=O) groups is 1. The van der Waals surface area contributed by atoms with Crippen molar-refractivity contribution in [3.63, 3.8) is 0 Å². The Hall–Kier alpha value is -2.54. The number of thiazole rings is 1. The molecule has 1 amide bonds. The highest BCUT2D eigenvalue weighted by atomic mass is 32.1. The number of halogens is 1. The molecule has 1 N–H and O–H groups in total. The van der Waals surface area contributed by atoms with E-state index in [1.165, 1.54) is 31.4 Å². The first-order valence-corrected chi connectivity index (χ1v) is 7.27. The van der Waals surface area contributed by atoms with Gasteiger partial charge in [0.15, 0.2) is 5.13 Å². The maximum Gasteiger partial charge on any atom is 0.223 e. The van der Waals surface area contributed by atoms with Crippen LogP contribution in [-0.4, -0.2) is 23.0 Å². The predicted octanol–water partition coefficient (Wildman–Crippen LogP) is 3.46. The Kier molecular flexibility index (Phi) is 3.72. The summed E-state index contributed by atoms with van der Waals surface area (Å²) < 4.78 is 19.1. The van der Waals surface area contributed by atoms with Crippen LogP contribution in [0.15, 0.2) is 30.3 Å². The molecule has 0 bridgehead atoms. The van der Waals surface area contributed by atoms with Crippen molar-refractivity contribution in [1.82, 2.24) is 9.97 Å². The average Bonchev–Trinajstić information content (AvgIpc) is 2.87. The molecule has 3 rings (SSSR count). The van der Waals surface area contributed by atoms with E-state index in [0.29, 0.717) is 32.5 Å². The highest BCUT2D eigenvalue weighted by Gasteiger charge is 2.11. The number of benzene rings is 1. The summed E-state index contributed by atoms with van der Waals surface area (Å²) in [6.45, 7) is 1.41. The van der Waals surface area contributed by atoms with Crippen molar-refractivity contribution >= 4 is 32.7 Å². The minimum Gasteiger partial charge on any atom is -0.497 e. The quantitative estimate of drug-likeness (QED) is 0.803. The summed E-state index contributed by atoms with van der Waals surface area (Å²) in [6, 6.07) is 8.07. The number of aromatic nitrogens is 2. The lowest BCUT2D eigenvalue weighted by Gasteiger charge is -2.05. The van der Waals surface area contributed by atoms with Crippen molar-refractivity contribution in [1.29, 1.82) is 0 Å². The van der Waals surface area contributed by atoms with Gasteiger partial charge in [0, 0.05) is 18.6 Å². The summed E-state index contributed by atoms with van der Waals surface area (Å²) in [4.78, 5) is 20.4. The number of methoxy groups -OCH3 is 1. The summed E-state index contributed by atoms with van der Waals surface area (Å²) in [5.74, 6) is -0.147. The van der Waals surface area contributed by atoms with E-state index in [0.717, 1.165) is 0 Å². The molecule has 0 aliphatic carbocycles. The van der Waals surface area contributed by atoms with Crippen LogP contribution in [0.2, 0.25) is 0 Å². The first kappa shape index (κ1) is 14.4. The third-order valence-electron chi connectivity index (χ3n) is 2.99. The average molecular weight is 317 g/mol. The molecule has 0 aliphatic rings. The maximum absolute atomic E-state index is 14.1. The van der Waals surface area contributed by atoms with Gasteiger partial charge in [-0.1, -0.05) is 11.3 Å². The van der Waals surface area contributed by atoms with Gasteiger partial charge in [-0.25, -0.2) is 14.4 Å². The van der Waals surface area contributed by atoms with Crippen LogP contribution in [0.3, 0.4) is 0 Å². The number of pyridine rings is 1. The van der Waals surface area contributed by atoms with Gasteiger partial charge in [-0.15, -0.1) is 0 Å². The number of amides is 1. The molecule has 0 atom stereocenters. The van der Waals surface area contributed by atoms with E-state index in [4.69, 9.17) is 4.74 Å². The molecule has 112 valence electrons. The first-order valence-electron chi connectivity index (χ1n) is 6.46. The highest BCUT2D eigenvalue weighted by molar-refractivity contribution is 7.21. The molecule has 7 heteroatoms. The van der Waals surface area contributed by atoms with Gasteiger partial charge in [-0.2, -0.15) is 0 Å². The molecule has 1 aromatic carbocycles. The van der Waals surface area contributed by atoms with Crippen LogP contribution in [0.1, 0.15) is 6.92 Å². The standard InChI is InChI=1S/C15H12FN3O2S/c1-8(20)17-15-19-13-6-5-12(18-14(13)22-15)10-4-3-9(21-2)7-11(10)16/h3-7H,1-2H3,(H,17,19,20). The lowest BCUT2D eigenvalue weighted by Crippen LogP contribution is -2.04. The molecule has 0 saturated carbocycles. The van der Waals surface area contributed by atoms with E-state index in [1.54, 1.807) is 24.3 Å². The number of fused-ring (bicyclic) bond motifs is 1. The normalized spacial score (nSPS) is 10.7. The van der Waals surface area contributed by atoms with E-state index in [2.05, 4.69) is 15.3 Å². The fourth-order valence-corrected chi connectivity index (χ4v) is 2.89. The molecule has 0 aliphatic heterocycles.